The van der Waals surface area contributed by atoms with Crippen LogP contribution in [0.15, 0.2) is 24.5 Å². The van der Waals surface area contributed by atoms with Gasteiger partial charge in [-0.1, -0.05) is 0 Å². The maximum absolute atomic E-state index is 12.5. The van der Waals surface area contributed by atoms with Crippen LogP contribution in [0.4, 0.5) is 5.69 Å². The number of carbonyl (C=O) groups excluding carboxylic acids is 1. The average molecular weight is 363 g/mol. The number of nitrogens with one attached hydrogen (secondary N) is 1. The molecule has 2 N–H and O–H groups in total. The minimum absolute atomic E-state index is 0.0625. The highest BCUT2D eigenvalue weighted by atomic mass is 16.5. The Hall–Kier alpha value is -3.23. The van der Waals surface area contributed by atoms with Gasteiger partial charge in [0.15, 0.2) is 11.5 Å². The maximum Gasteiger partial charge on any atom is 0.303 e. The Balaban J connectivity index is 2.10. The van der Waals surface area contributed by atoms with Crippen LogP contribution in [0.5, 0.6) is 17.2 Å². The summed E-state index contributed by atoms with van der Waals surface area (Å²) in [6.45, 7) is 0.451. The molecule has 0 spiro atoms. The van der Waals surface area contributed by atoms with E-state index in [9.17, 15) is 9.59 Å². The van der Waals surface area contributed by atoms with Crippen molar-refractivity contribution in [3.05, 3.63) is 30.1 Å². The van der Waals surface area contributed by atoms with Gasteiger partial charge in [0, 0.05) is 24.7 Å². The fourth-order valence-electron chi connectivity index (χ4n) is 2.36. The molecule has 0 radical (unpaired) electrons. The molecule has 2 aromatic rings. The number of aromatic nitrogens is 2. The van der Waals surface area contributed by atoms with Crippen molar-refractivity contribution in [3.8, 4) is 17.2 Å². The van der Waals surface area contributed by atoms with E-state index < -0.39 is 5.97 Å². The Morgan fingerprint density at radius 3 is 2.35 bits per heavy atom. The topological polar surface area (TPSA) is 112 Å². The molecule has 1 aromatic heterocycles. The van der Waals surface area contributed by atoms with Gasteiger partial charge in [0.05, 0.1) is 33.2 Å². The van der Waals surface area contributed by atoms with Crippen molar-refractivity contribution in [1.29, 1.82) is 0 Å². The highest BCUT2D eigenvalue weighted by Gasteiger charge is 2.17. The summed E-state index contributed by atoms with van der Waals surface area (Å²) in [5.74, 6) is -0.0667. The molecule has 0 saturated carbocycles. The number of amides is 1. The number of carboxylic acid groups (broad SMARTS) is 1. The summed E-state index contributed by atoms with van der Waals surface area (Å²) in [5, 5.41) is 15.5. The highest BCUT2D eigenvalue weighted by molar-refractivity contribution is 6.05. The van der Waals surface area contributed by atoms with E-state index in [4.69, 9.17) is 19.3 Å². The standard InChI is InChI=1S/C17H21N3O6/c1-24-13-7-11(8-14(25-2)16(13)26-3)17(23)19-12-9-18-20(10-12)6-4-5-15(21)22/h7-10H,4-6H2,1-3H3,(H,19,23)(H,21,22). The quantitative estimate of drug-likeness (QED) is 0.701. The van der Waals surface area contributed by atoms with E-state index in [0.29, 0.717) is 41.5 Å². The molecular formula is C17H21N3O6. The van der Waals surface area contributed by atoms with Crippen LogP contribution in [0, 0.1) is 0 Å². The Labute approximate surface area is 150 Å². The molecule has 1 amide bonds. The first-order valence-corrected chi connectivity index (χ1v) is 7.84. The SMILES string of the molecule is COc1cc(C(=O)Nc2cnn(CCCC(=O)O)c2)cc(OC)c1OC. The molecule has 0 fully saturated rings. The number of methoxy groups -OCH3 is 3. The Morgan fingerprint density at radius 1 is 1.15 bits per heavy atom. The number of carbonyl (C=O) groups is 2. The molecule has 1 aromatic carbocycles. The molecule has 1 heterocycles. The van der Waals surface area contributed by atoms with E-state index in [1.165, 1.54) is 27.5 Å². The molecule has 0 aliphatic heterocycles. The van der Waals surface area contributed by atoms with E-state index in [1.807, 2.05) is 0 Å². The molecular weight excluding hydrogens is 342 g/mol. The van der Waals surface area contributed by atoms with Gasteiger partial charge in [-0.3, -0.25) is 14.3 Å². The number of carboxylic acids is 1. The summed E-state index contributed by atoms with van der Waals surface area (Å²) in [6.07, 6.45) is 3.65. The van der Waals surface area contributed by atoms with Crippen LogP contribution in [0.1, 0.15) is 23.2 Å². The lowest BCUT2D eigenvalue weighted by molar-refractivity contribution is -0.137. The predicted molar refractivity (Wildman–Crippen MR) is 93.1 cm³/mol. The van der Waals surface area contributed by atoms with Crippen LogP contribution < -0.4 is 19.5 Å². The lowest BCUT2D eigenvalue weighted by Crippen LogP contribution is -2.12. The third-order valence-corrected chi connectivity index (χ3v) is 3.60. The monoisotopic (exact) mass is 363 g/mol. The summed E-state index contributed by atoms with van der Waals surface area (Å²) in [5.41, 5.74) is 0.831. The van der Waals surface area contributed by atoms with Crippen LogP contribution in [-0.2, 0) is 11.3 Å². The van der Waals surface area contributed by atoms with Gasteiger partial charge >= 0.3 is 5.97 Å². The number of aryl methyl sites for hydroxylation is 1. The molecule has 2 rings (SSSR count). The first kappa shape index (κ1) is 19.1. The van der Waals surface area contributed by atoms with Crippen LogP contribution in [0.25, 0.3) is 0 Å². The van der Waals surface area contributed by atoms with Gasteiger partial charge in [0.25, 0.3) is 5.91 Å². The van der Waals surface area contributed by atoms with Crippen molar-refractivity contribution in [2.45, 2.75) is 19.4 Å². The molecule has 26 heavy (non-hydrogen) atoms. The highest BCUT2D eigenvalue weighted by Crippen LogP contribution is 2.38. The van der Waals surface area contributed by atoms with E-state index >= 15 is 0 Å². The van der Waals surface area contributed by atoms with E-state index in [1.54, 1.807) is 23.0 Å². The lowest BCUT2D eigenvalue weighted by atomic mass is 10.1. The summed E-state index contributed by atoms with van der Waals surface area (Å²) in [7, 11) is 4.43. The van der Waals surface area contributed by atoms with E-state index in [0.717, 1.165) is 0 Å². The van der Waals surface area contributed by atoms with Crippen LogP contribution >= 0.6 is 0 Å². The minimum atomic E-state index is -0.854. The van der Waals surface area contributed by atoms with Crippen LogP contribution in [0.2, 0.25) is 0 Å². The number of aliphatic carboxylic acids is 1. The second-order valence-electron chi connectivity index (χ2n) is 5.36. The number of nitrogens with zero attached hydrogens (tertiary/aromatic N) is 2. The minimum Gasteiger partial charge on any atom is -0.493 e. The van der Waals surface area contributed by atoms with Crippen molar-refractivity contribution in [2.24, 2.45) is 0 Å². The summed E-state index contributed by atoms with van der Waals surface area (Å²) >= 11 is 0. The van der Waals surface area contributed by atoms with Gasteiger partial charge in [-0.15, -0.1) is 0 Å². The second kappa shape index (κ2) is 8.75. The Morgan fingerprint density at radius 2 is 1.81 bits per heavy atom. The molecule has 0 unspecified atom stereocenters. The number of benzene rings is 1. The number of rotatable bonds is 9. The summed E-state index contributed by atoms with van der Waals surface area (Å²) in [4.78, 5) is 23.0. The molecule has 0 aliphatic rings. The Bertz CT molecular complexity index is 762. The first-order valence-electron chi connectivity index (χ1n) is 7.84. The molecule has 0 saturated heterocycles. The first-order chi connectivity index (χ1) is 12.5. The van der Waals surface area contributed by atoms with E-state index in [2.05, 4.69) is 10.4 Å². The third-order valence-electron chi connectivity index (χ3n) is 3.60. The third kappa shape index (κ3) is 4.65. The van der Waals surface area contributed by atoms with Crippen molar-refractivity contribution >= 4 is 17.6 Å². The van der Waals surface area contributed by atoms with Gasteiger partial charge in [-0.25, -0.2) is 0 Å². The fraction of sp³-hybridized carbons (Fsp3) is 0.353. The number of anilines is 1. The Kier molecular flexibility index (Phi) is 6.42. The van der Waals surface area contributed by atoms with Gasteiger partial charge in [0.1, 0.15) is 0 Å². The zero-order valence-corrected chi connectivity index (χ0v) is 14.8. The molecule has 0 atom stereocenters. The zero-order chi connectivity index (χ0) is 19.1. The van der Waals surface area contributed by atoms with Crippen molar-refractivity contribution in [1.82, 2.24) is 9.78 Å². The van der Waals surface area contributed by atoms with Crippen molar-refractivity contribution < 1.29 is 28.9 Å². The molecule has 140 valence electrons. The zero-order valence-electron chi connectivity index (χ0n) is 14.8. The molecule has 0 bridgehead atoms. The molecule has 0 aliphatic carbocycles. The second-order valence-corrected chi connectivity index (χ2v) is 5.36. The average Bonchev–Trinajstić information content (AvgIpc) is 3.07. The number of hydrogen-bond donors (Lipinski definition) is 2. The van der Waals surface area contributed by atoms with Crippen LogP contribution in [-0.4, -0.2) is 48.1 Å². The normalized spacial score (nSPS) is 10.3. The summed E-state index contributed by atoms with van der Waals surface area (Å²) < 4.78 is 17.3. The van der Waals surface area contributed by atoms with Crippen molar-refractivity contribution in [3.63, 3.8) is 0 Å². The number of hydrogen-bond acceptors (Lipinski definition) is 6. The van der Waals surface area contributed by atoms with Gasteiger partial charge in [0.2, 0.25) is 5.75 Å². The van der Waals surface area contributed by atoms with Gasteiger partial charge in [-0.2, -0.15) is 5.10 Å². The molecule has 9 nitrogen and oxygen atoms in total. The predicted octanol–water partition coefficient (Wildman–Crippen LogP) is 2.03. The smallest absolute Gasteiger partial charge is 0.303 e. The van der Waals surface area contributed by atoms with Crippen LogP contribution in [0.3, 0.4) is 0 Å². The maximum atomic E-state index is 12.5. The van der Waals surface area contributed by atoms with E-state index in [-0.39, 0.29) is 12.3 Å². The molecule has 9 heteroatoms. The summed E-state index contributed by atoms with van der Waals surface area (Å²) in [6, 6.07) is 3.10. The largest absolute Gasteiger partial charge is 0.493 e. The van der Waals surface area contributed by atoms with Gasteiger partial charge in [-0.05, 0) is 18.6 Å². The lowest BCUT2D eigenvalue weighted by Gasteiger charge is -2.13. The van der Waals surface area contributed by atoms with Gasteiger partial charge < -0.3 is 24.6 Å². The fourth-order valence-corrected chi connectivity index (χ4v) is 2.36. The number of ether oxygens (including phenoxy) is 3. The van der Waals surface area contributed by atoms with Crippen molar-refractivity contribution in [2.75, 3.05) is 26.6 Å².